The summed E-state index contributed by atoms with van der Waals surface area (Å²) in [5.74, 6) is -3.75. The Hall–Kier alpha value is -4.89. The molecule has 276 valence electrons. The maximum atomic E-state index is 14.5. The summed E-state index contributed by atoms with van der Waals surface area (Å²) in [6.45, 7) is 4.97. The molecule has 3 aromatic carbocycles. The lowest BCUT2D eigenvalue weighted by molar-refractivity contribution is -0.158. The van der Waals surface area contributed by atoms with Gasteiger partial charge in [0.25, 0.3) is 0 Å². The molecule has 9 heteroatoms. The molecule has 0 unspecified atom stereocenters. The maximum absolute atomic E-state index is 14.5. The normalized spacial score (nSPS) is 17.0. The minimum Gasteiger partial charge on any atom is -0.453 e. The SMILES string of the molecule is CC(=O)O[C@@H](C(=O)C=C(C(=O)CCCCCCCCCCO)c1cccc(C)c1)[C@@H](Cc1ccccc1)C(=O)N1C(=O)O[C@@H](c2ccccc2)[C@H]1C. The van der Waals surface area contributed by atoms with Crippen LogP contribution in [0.5, 0.6) is 0 Å². The number of aryl methyl sites for hydroxylation is 1. The van der Waals surface area contributed by atoms with Gasteiger partial charge in [-0.15, -0.1) is 0 Å². The van der Waals surface area contributed by atoms with Gasteiger partial charge in [-0.1, -0.05) is 129 Å². The van der Waals surface area contributed by atoms with Gasteiger partial charge in [-0.3, -0.25) is 19.2 Å². The predicted octanol–water partition coefficient (Wildman–Crippen LogP) is 7.92. The number of esters is 1. The molecule has 1 aliphatic heterocycles. The third-order valence-electron chi connectivity index (χ3n) is 9.42. The summed E-state index contributed by atoms with van der Waals surface area (Å²) in [6.07, 6.45) is 5.73. The average Bonchev–Trinajstić information content (AvgIpc) is 3.44. The van der Waals surface area contributed by atoms with E-state index in [0.717, 1.165) is 62.3 Å². The first-order chi connectivity index (χ1) is 25.1. The second-order valence-electron chi connectivity index (χ2n) is 13.5. The van der Waals surface area contributed by atoms with Crippen molar-refractivity contribution < 1.29 is 38.6 Å². The molecule has 1 fully saturated rings. The van der Waals surface area contributed by atoms with E-state index in [4.69, 9.17) is 14.6 Å². The van der Waals surface area contributed by atoms with Crippen molar-refractivity contribution in [2.75, 3.05) is 6.61 Å². The number of hydrogen-bond acceptors (Lipinski definition) is 8. The number of allylic oxidation sites excluding steroid dienone is 1. The Balaban J connectivity index is 1.64. The highest BCUT2D eigenvalue weighted by Crippen LogP contribution is 2.35. The van der Waals surface area contributed by atoms with Crippen molar-refractivity contribution in [2.45, 2.75) is 103 Å². The van der Waals surface area contributed by atoms with E-state index in [1.165, 1.54) is 6.08 Å². The van der Waals surface area contributed by atoms with Gasteiger partial charge in [-0.25, -0.2) is 9.69 Å². The van der Waals surface area contributed by atoms with Gasteiger partial charge in [0.2, 0.25) is 5.91 Å². The molecule has 1 heterocycles. The number of ether oxygens (including phenoxy) is 2. The largest absolute Gasteiger partial charge is 0.453 e. The first-order valence-electron chi connectivity index (χ1n) is 18.4. The van der Waals surface area contributed by atoms with Crippen LogP contribution in [0.2, 0.25) is 0 Å². The van der Waals surface area contributed by atoms with Crippen molar-refractivity contribution in [1.29, 1.82) is 0 Å². The molecule has 0 bridgehead atoms. The summed E-state index contributed by atoms with van der Waals surface area (Å²) >= 11 is 0. The second-order valence-corrected chi connectivity index (χ2v) is 13.5. The van der Waals surface area contributed by atoms with Crippen molar-refractivity contribution in [3.05, 3.63) is 113 Å². The molecule has 9 nitrogen and oxygen atoms in total. The quantitative estimate of drug-likeness (QED) is 0.0712. The lowest BCUT2D eigenvalue weighted by atomic mass is 9.87. The van der Waals surface area contributed by atoms with Crippen molar-refractivity contribution in [3.63, 3.8) is 0 Å². The number of nitrogens with zero attached hydrogens (tertiary/aromatic N) is 1. The number of amides is 2. The van der Waals surface area contributed by atoms with Gasteiger partial charge in [0, 0.05) is 25.5 Å². The molecule has 0 radical (unpaired) electrons. The van der Waals surface area contributed by atoms with Gasteiger partial charge in [0.15, 0.2) is 17.7 Å². The highest BCUT2D eigenvalue weighted by molar-refractivity contribution is 6.25. The Kier molecular flexibility index (Phi) is 15.5. The van der Waals surface area contributed by atoms with Gasteiger partial charge in [0.05, 0.1) is 12.0 Å². The fraction of sp³-hybridized carbons (Fsp3) is 0.419. The standard InChI is InChI=1S/C43H51NO8/c1-30-19-18-24-35(27-30)36(38(47)25-16-8-6-4-5-7-9-17-26-45)29-39(48)41(51-32(3)46)37(28-33-20-12-10-13-21-33)42(49)44-31(2)40(52-43(44)50)34-22-14-11-15-23-34/h10-15,18-24,27,29,31,37,40-41,45H,4-9,16-17,25-26,28H2,1-3H3/t31-,37-,40-,41-/m1/s1. The Morgan fingerprint density at radius 2 is 1.46 bits per heavy atom. The van der Waals surface area contributed by atoms with Crippen LogP contribution >= 0.6 is 0 Å². The number of benzene rings is 3. The van der Waals surface area contributed by atoms with E-state index >= 15 is 0 Å². The van der Waals surface area contributed by atoms with Crippen LogP contribution in [-0.4, -0.2) is 58.3 Å². The summed E-state index contributed by atoms with van der Waals surface area (Å²) in [7, 11) is 0. The summed E-state index contributed by atoms with van der Waals surface area (Å²) in [5.41, 5.74) is 3.04. The summed E-state index contributed by atoms with van der Waals surface area (Å²) < 4.78 is 11.3. The predicted molar refractivity (Wildman–Crippen MR) is 199 cm³/mol. The molecule has 1 saturated heterocycles. The fourth-order valence-electron chi connectivity index (χ4n) is 6.69. The molecule has 1 aliphatic rings. The molecule has 4 rings (SSSR count). The number of imide groups is 1. The monoisotopic (exact) mass is 709 g/mol. The number of rotatable bonds is 20. The van der Waals surface area contributed by atoms with E-state index in [0.29, 0.717) is 23.1 Å². The van der Waals surface area contributed by atoms with Gasteiger partial charge in [-0.05, 0) is 55.9 Å². The molecule has 3 aromatic rings. The molecule has 2 amide bonds. The topological polar surface area (TPSA) is 127 Å². The number of hydrogen-bond donors (Lipinski definition) is 1. The Bertz CT molecular complexity index is 1690. The first-order valence-corrected chi connectivity index (χ1v) is 18.4. The summed E-state index contributed by atoms with van der Waals surface area (Å²) in [5, 5.41) is 8.96. The number of carbonyl (C=O) groups is 5. The van der Waals surface area contributed by atoms with Gasteiger partial charge in [-0.2, -0.15) is 0 Å². The lowest BCUT2D eigenvalue weighted by Crippen LogP contribution is -2.49. The molecule has 52 heavy (non-hydrogen) atoms. The van der Waals surface area contributed by atoms with Crippen molar-refractivity contribution in [1.82, 2.24) is 4.90 Å². The minimum atomic E-state index is -1.63. The van der Waals surface area contributed by atoms with Crippen LogP contribution in [0, 0.1) is 12.8 Å². The molecule has 0 saturated carbocycles. The molecule has 1 N–H and O–H groups in total. The van der Waals surface area contributed by atoms with Gasteiger partial charge >= 0.3 is 12.1 Å². The number of unbranched alkanes of at least 4 members (excludes halogenated alkanes) is 7. The van der Waals surface area contributed by atoms with E-state index in [1.54, 1.807) is 37.3 Å². The van der Waals surface area contributed by atoms with E-state index < -0.39 is 47.9 Å². The number of cyclic esters (lactones) is 1. The molecule has 0 aromatic heterocycles. The van der Waals surface area contributed by atoms with Crippen LogP contribution < -0.4 is 0 Å². The Morgan fingerprint density at radius 3 is 2.08 bits per heavy atom. The van der Waals surface area contributed by atoms with E-state index in [2.05, 4.69) is 0 Å². The van der Waals surface area contributed by atoms with Crippen LogP contribution in [0.25, 0.3) is 5.57 Å². The summed E-state index contributed by atoms with van der Waals surface area (Å²) in [6, 6.07) is 24.7. The van der Waals surface area contributed by atoms with E-state index in [-0.39, 0.29) is 30.8 Å². The molecular weight excluding hydrogens is 658 g/mol. The molecule has 0 aliphatic carbocycles. The molecule has 0 spiro atoms. The second kappa shape index (κ2) is 20.2. The smallest absolute Gasteiger partial charge is 0.417 e. The third kappa shape index (κ3) is 11.3. The highest BCUT2D eigenvalue weighted by Gasteiger charge is 2.48. The maximum Gasteiger partial charge on any atom is 0.417 e. The zero-order valence-electron chi connectivity index (χ0n) is 30.5. The van der Waals surface area contributed by atoms with Crippen molar-refractivity contribution >= 4 is 35.1 Å². The number of Topliss-reactive ketones (excluding diaryl/α,β-unsaturated/α-hetero) is 1. The third-order valence-corrected chi connectivity index (χ3v) is 9.42. The van der Waals surface area contributed by atoms with Crippen LogP contribution in [0.15, 0.2) is 91.0 Å². The fourth-order valence-corrected chi connectivity index (χ4v) is 6.69. The zero-order valence-corrected chi connectivity index (χ0v) is 30.5. The Labute approximate surface area is 307 Å². The van der Waals surface area contributed by atoms with Crippen molar-refractivity contribution in [3.8, 4) is 0 Å². The first kappa shape index (κ1) is 39.9. The van der Waals surface area contributed by atoms with Gasteiger partial charge < -0.3 is 14.6 Å². The minimum absolute atomic E-state index is 0.0164. The van der Waals surface area contributed by atoms with E-state index in [1.807, 2.05) is 61.5 Å². The van der Waals surface area contributed by atoms with Crippen molar-refractivity contribution in [2.24, 2.45) is 5.92 Å². The Morgan fingerprint density at radius 1 is 0.846 bits per heavy atom. The number of aliphatic hydroxyl groups excluding tert-OH is 1. The highest BCUT2D eigenvalue weighted by atomic mass is 16.6. The number of carbonyl (C=O) groups excluding carboxylic acids is 5. The number of aliphatic hydroxyl groups is 1. The summed E-state index contributed by atoms with van der Waals surface area (Å²) in [4.78, 5) is 69.6. The molecule has 4 atom stereocenters. The van der Waals surface area contributed by atoms with Gasteiger partial charge in [0.1, 0.15) is 6.10 Å². The zero-order chi connectivity index (χ0) is 37.5. The van der Waals surface area contributed by atoms with Crippen LogP contribution in [0.3, 0.4) is 0 Å². The van der Waals surface area contributed by atoms with Crippen LogP contribution in [-0.2, 0) is 35.1 Å². The van der Waals surface area contributed by atoms with Crippen LogP contribution in [0.4, 0.5) is 4.79 Å². The number of ketones is 2. The molecular formula is C43H51NO8. The lowest BCUT2D eigenvalue weighted by Gasteiger charge is -2.29. The average molecular weight is 710 g/mol. The van der Waals surface area contributed by atoms with E-state index in [9.17, 15) is 24.0 Å². The van der Waals surface area contributed by atoms with Crippen LogP contribution in [0.1, 0.15) is 100.0 Å².